The summed E-state index contributed by atoms with van der Waals surface area (Å²) in [7, 11) is 0. The molecule has 3 heterocycles. The first kappa shape index (κ1) is 22.9. The number of amides is 1. The number of carbonyl (C=O) groups excluding carboxylic acids is 1. The van der Waals surface area contributed by atoms with E-state index >= 15 is 0 Å². The van der Waals surface area contributed by atoms with Gasteiger partial charge in [0.2, 0.25) is 6.41 Å². The number of anilines is 2. The summed E-state index contributed by atoms with van der Waals surface area (Å²) in [5.41, 5.74) is 2.30. The number of benzene rings is 2. The van der Waals surface area contributed by atoms with Crippen molar-refractivity contribution in [1.82, 2.24) is 19.5 Å². The van der Waals surface area contributed by atoms with Gasteiger partial charge < -0.3 is 25.4 Å². The summed E-state index contributed by atoms with van der Waals surface area (Å²) in [6.07, 6.45) is -3.58. The number of fused-ring (bicyclic) bond motifs is 1. The molecule has 35 heavy (non-hydrogen) atoms. The Balaban J connectivity index is 1.38. The van der Waals surface area contributed by atoms with Crippen molar-refractivity contribution in [1.29, 1.82) is 0 Å². The molecule has 11 nitrogen and oxygen atoms in total. The lowest BCUT2D eigenvalue weighted by Crippen LogP contribution is -2.48. The number of aliphatic hydroxyl groups is 3. The number of aromatic nitrogens is 4. The van der Waals surface area contributed by atoms with E-state index in [0.29, 0.717) is 35.6 Å². The molecule has 2 aromatic heterocycles. The molecule has 0 bridgehead atoms. The van der Waals surface area contributed by atoms with E-state index in [1.54, 1.807) is 30.3 Å². The fraction of sp³-hybridized carbons (Fsp3) is 0.250. The molecule has 0 radical (unpaired) electrons. The summed E-state index contributed by atoms with van der Waals surface area (Å²) in [6.45, 7) is 0.524. The number of nitrogens with zero attached hydrogens (tertiary/aromatic N) is 5. The van der Waals surface area contributed by atoms with Gasteiger partial charge in [-0.3, -0.25) is 14.3 Å². The highest BCUT2D eigenvalue weighted by Gasteiger charge is 2.49. The van der Waals surface area contributed by atoms with E-state index in [9.17, 15) is 20.1 Å². The Morgan fingerprint density at radius 2 is 1.74 bits per heavy atom. The van der Waals surface area contributed by atoms with Gasteiger partial charge in [0.05, 0.1) is 6.33 Å². The van der Waals surface area contributed by atoms with Crippen molar-refractivity contribution in [2.45, 2.75) is 37.3 Å². The molecule has 1 amide bonds. The van der Waals surface area contributed by atoms with Crippen LogP contribution < -0.4 is 10.2 Å². The number of aliphatic hydroxyl groups excluding tert-OH is 3. The van der Waals surface area contributed by atoms with E-state index in [1.807, 2.05) is 30.3 Å². The van der Waals surface area contributed by atoms with Crippen LogP contribution in [-0.2, 0) is 16.1 Å². The molecule has 1 unspecified atom stereocenters. The van der Waals surface area contributed by atoms with Crippen LogP contribution in [0.25, 0.3) is 11.2 Å². The van der Waals surface area contributed by atoms with Crippen molar-refractivity contribution in [3.63, 3.8) is 0 Å². The summed E-state index contributed by atoms with van der Waals surface area (Å²) in [4.78, 5) is 25.7. The topological polar surface area (TPSA) is 146 Å². The van der Waals surface area contributed by atoms with E-state index in [4.69, 9.17) is 4.74 Å². The monoisotopic (exact) mass is 476 g/mol. The second kappa shape index (κ2) is 9.76. The number of nitrogens with one attached hydrogen (secondary N) is 1. The lowest BCUT2D eigenvalue weighted by Gasteiger charge is -2.29. The average Bonchev–Trinajstić information content (AvgIpc) is 3.45. The van der Waals surface area contributed by atoms with E-state index in [0.717, 1.165) is 10.5 Å². The van der Waals surface area contributed by atoms with E-state index in [1.165, 1.54) is 17.2 Å². The van der Waals surface area contributed by atoms with Crippen molar-refractivity contribution in [3.05, 3.63) is 78.9 Å². The third-order valence-corrected chi connectivity index (χ3v) is 5.96. The zero-order valence-electron chi connectivity index (χ0n) is 18.5. The minimum Gasteiger partial charge on any atom is -0.387 e. The third kappa shape index (κ3) is 4.33. The minimum absolute atomic E-state index is 0.372. The van der Waals surface area contributed by atoms with Gasteiger partial charge in [0, 0.05) is 12.2 Å². The lowest BCUT2D eigenvalue weighted by molar-refractivity contribution is -0.115. The molecular formula is C24H24N6O5. The minimum atomic E-state index is -1.54. The maximum absolute atomic E-state index is 11.7. The van der Waals surface area contributed by atoms with Crippen molar-refractivity contribution >= 4 is 29.1 Å². The average molecular weight is 476 g/mol. The van der Waals surface area contributed by atoms with Crippen molar-refractivity contribution in [2.24, 2.45) is 0 Å². The van der Waals surface area contributed by atoms with Crippen LogP contribution in [0, 0.1) is 0 Å². The SMILES string of the molecule is O=CN(c1ccccc1)C(O)[C@H]1O[C@@H](n2cnc3c(NCc4ccccc4)ncnc32)[C@H](O)[C@@H]1O. The van der Waals surface area contributed by atoms with Gasteiger partial charge in [-0.05, 0) is 17.7 Å². The highest BCUT2D eigenvalue weighted by Crippen LogP contribution is 2.35. The molecule has 1 aliphatic rings. The largest absolute Gasteiger partial charge is 0.387 e. The predicted molar refractivity (Wildman–Crippen MR) is 126 cm³/mol. The van der Waals surface area contributed by atoms with Crippen LogP contribution in [0.1, 0.15) is 11.8 Å². The predicted octanol–water partition coefficient (Wildman–Crippen LogP) is 1.04. The second-order valence-electron chi connectivity index (χ2n) is 8.12. The Labute approximate surface area is 200 Å². The normalized spacial score (nSPS) is 22.7. The third-order valence-electron chi connectivity index (χ3n) is 5.96. The first-order valence-electron chi connectivity index (χ1n) is 11.0. The maximum Gasteiger partial charge on any atom is 0.216 e. The summed E-state index contributed by atoms with van der Waals surface area (Å²) in [6, 6.07) is 18.3. The molecule has 1 fully saturated rings. The van der Waals surface area contributed by atoms with Gasteiger partial charge in [0.15, 0.2) is 29.4 Å². The van der Waals surface area contributed by atoms with E-state index in [-0.39, 0.29) is 0 Å². The molecule has 5 atom stereocenters. The van der Waals surface area contributed by atoms with Gasteiger partial charge in [-0.15, -0.1) is 0 Å². The molecule has 4 aromatic rings. The molecule has 11 heteroatoms. The molecule has 0 saturated carbocycles. The Hall–Kier alpha value is -3.90. The molecule has 1 aliphatic heterocycles. The standard InChI is InChI=1S/C24H24N6O5/c31-14-30(16-9-5-2-6-10-16)23(34)20-18(32)19(33)24(35-20)29-13-28-17-21(26-12-27-22(17)29)25-11-15-7-3-1-4-8-15/h1-10,12-14,18-20,23-24,32-34H,11H2,(H,25,26,27)/t18-,19+,20-,23?,24+/m0/s1. The van der Waals surface area contributed by atoms with Crippen LogP contribution in [0.3, 0.4) is 0 Å². The first-order valence-corrected chi connectivity index (χ1v) is 11.0. The highest BCUT2D eigenvalue weighted by atomic mass is 16.6. The van der Waals surface area contributed by atoms with Gasteiger partial charge in [-0.25, -0.2) is 15.0 Å². The smallest absolute Gasteiger partial charge is 0.216 e. The molecular weight excluding hydrogens is 452 g/mol. The summed E-state index contributed by atoms with van der Waals surface area (Å²) < 4.78 is 7.34. The van der Waals surface area contributed by atoms with Gasteiger partial charge >= 0.3 is 0 Å². The molecule has 5 rings (SSSR count). The van der Waals surface area contributed by atoms with Crippen LogP contribution in [0.5, 0.6) is 0 Å². The number of para-hydroxylation sites is 1. The number of hydrogen-bond acceptors (Lipinski definition) is 9. The maximum atomic E-state index is 11.7. The summed E-state index contributed by atoms with van der Waals surface area (Å²) in [5, 5.41) is 35.5. The zero-order valence-corrected chi connectivity index (χ0v) is 18.5. The quantitative estimate of drug-likeness (QED) is 0.216. The fourth-order valence-corrected chi connectivity index (χ4v) is 4.15. The Bertz CT molecular complexity index is 1290. The van der Waals surface area contributed by atoms with Gasteiger partial charge in [0.1, 0.15) is 24.6 Å². The number of hydrogen-bond donors (Lipinski definition) is 4. The molecule has 0 aliphatic carbocycles. The van der Waals surface area contributed by atoms with E-state index in [2.05, 4.69) is 20.3 Å². The number of carbonyl (C=O) groups is 1. The first-order chi connectivity index (χ1) is 17.1. The van der Waals surface area contributed by atoms with Gasteiger partial charge in [-0.1, -0.05) is 48.5 Å². The second-order valence-corrected chi connectivity index (χ2v) is 8.12. The van der Waals surface area contributed by atoms with Crippen LogP contribution in [0.4, 0.5) is 11.5 Å². The number of rotatable bonds is 8. The molecule has 0 spiro atoms. The zero-order chi connectivity index (χ0) is 24.4. The highest BCUT2D eigenvalue weighted by molar-refractivity contribution is 5.82. The lowest BCUT2D eigenvalue weighted by atomic mass is 10.1. The van der Waals surface area contributed by atoms with Gasteiger partial charge in [0.25, 0.3) is 0 Å². The Kier molecular flexibility index (Phi) is 6.38. The van der Waals surface area contributed by atoms with Crippen molar-refractivity contribution < 1.29 is 24.9 Å². The molecule has 2 aromatic carbocycles. The number of imidazole rings is 1. The Morgan fingerprint density at radius 3 is 2.46 bits per heavy atom. The van der Waals surface area contributed by atoms with Crippen LogP contribution >= 0.6 is 0 Å². The Morgan fingerprint density at radius 1 is 1.03 bits per heavy atom. The number of ether oxygens (including phenoxy) is 1. The van der Waals surface area contributed by atoms with Crippen LogP contribution in [-0.4, -0.2) is 65.8 Å². The molecule has 180 valence electrons. The van der Waals surface area contributed by atoms with Gasteiger partial charge in [-0.2, -0.15) is 0 Å². The summed E-state index contributed by atoms with van der Waals surface area (Å²) >= 11 is 0. The van der Waals surface area contributed by atoms with E-state index < -0.39 is 30.8 Å². The fourth-order valence-electron chi connectivity index (χ4n) is 4.15. The summed E-state index contributed by atoms with van der Waals surface area (Å²) in [5.74, 6) is 0.499. The molecule has 4 N–H and O–H groups in total. The van der Waals surface area contributed by atoms with Crippen LogP contribution in [0.15, 0.2) is 73.3 Å². The van der Waals surface area contributed by atoms with Crippen molar-refractivity contribution in [3.8, 4) is 0 Å². The van der Waals surface area contributed by atoms with Crippen LogP contribution in [0.2, 0.25) is 0 Å². The molecule has 1 saturated heterocycles. The van der Waals surface area contributed by atoms with Crippen molar-refractivity contribution in [2.75, 3.05) is 10.2 Å².